The number of fused-ring (bicyclic) bond motifs is 1. The molecule has 2 N–H and O–H groups in total. The van der Waals surface area contributed by atoms with Crippen LogP contribution in [-0.2, 0) is 6.54 Å². The molecule has 0 aromatic heterocycles. The Morgan fingerprint density at radius 1 is 1.10 bits per heavy atom. The molecule has 0 saturated heterocycles. The second-order valence-electron chi connectivity index (χ2n) is 5.94. The summed E-state index contributed by atoms with van der Waals surface area (Å²) >= 11 is 0. The van der Waals surface area contributed by atoms with Crippen molar-refractivity contribution in [1.29, 1.82) is 0 Å². The molecular formula is C17H23NO2. The lowest BCUT2D eigenvalue weighted by molar-refractivity contribution is 0.200. The van der Waals surface area contributed by atoms with Gasteiger partial charge in [0.05, 0.1) is 6.61 Å². The lowest BCUT2D eigenvalue weighted by Gasteiger charge is -2.22. The van der Waals surface area contributed by atoms with E-state index in [0.717, 1.165) is 17.9 Å². The first-order chi connectivity index (χ1) is 9.51. The molecule has 20 heavy (non-hydrogen) atoms. The van der Waals surface area contributed by atoms with Gasteiger partial charge in [0.25, 0.3) is 0 Å². The Morgan fingerprint density at radius 2 is 1.85 bits per heavy atom. The van der Waals surface area contributed by atoms with E-state index < -0.39 is 0 Å². The second-order valence-corrected chi connectivity index (χ2v) is 5.94. The summed E-state index contributed by atoms with van der Waals surface area (Å²) in [6, 6.07) is 12.3. The van der Waals surface area contributed by atoms with Gasteiger partial charge in [-0.2, -0.15) is 0 Å². The van der Waals surface area contributed by atoms with Crippen LogP contribution in [0.2, 0.25) is 0 Å². The Bertz CT molecular complexity index is 573. The van der Waals surface area contributed by atoms with Crippen molar-refractivity contribution < 1.29 is 9.84 Å². The van der Waals surface area contributed by atoms with Crippen molar-refractivity contribution in [1.82, 2.24) is 5.32 Å². The molecule has 3 nitrogen and oxygen atoms in total. The van der Waals surface area contributed by atoms with E-state index in [0.29, 0.717) is 6.61 Å². The summed E-state index contributed by atoms with van der Waals surface area (Å²) in [5.41, 5.74) is 1.19. The van der Waals surface area contributed by atoms with E-state index in [2.05, 4.69) is 44.3 Å². The zero-order chi connectivity index (χ0) is 14.6. The summed E-state index contributed by atoms with van der Waals surface area (Å²) in [7, 11) is 0. The first-order valence-electron chi connectivity index (χ1n) is 7.00. The van der Waals surface area contributed by atoms with Crippen molar-refractivity contribution in [3.8, 4) is 5.75 Å². The minimum atomic E-state index is 0.0268. The maximum absolute atomic E-state index is 8.95. The average Bonchev–Trinajstić information content (AvgIpc) is 2.42. The van der Waals surface area contributed by atoms with Gasteiger partial charge in [-0.05, 0) is 37.6 Å². The lowest BCUT2D eigenvalue weighted by atomic mass is 10.0. The van der Waals surface area contributed by atoms with Gasteiger partial charge in [-0.3, -0.25) is 0 Å². The van der Waals surface area contributed by atoms with Crippen LogP contribution in [0.4, 0.5) is 0 Å². The van der Waals surface area contributed by atoms with Crippen LogP contribution in [0, 0.1) is 0 Å². The minimum Gasteiger partial charge on any atom is -0.491 e. The maximum Gasteiger partial charge on any atom is 0.124 e. The molecule has 0 radical (unpaired) electrons. The second kappa shape index (κ2) is 6.25. The lowest BCUT2D eigenvalue weighted by Crippen LogP contribution is -2.35. The molecule has 0 aliphatic heterocycles. The molecule has 0 saturated carbocycles. The number of ether oxygens (including phenoxy) is 1. The van der Waals surface area contributed by atoms with Crippen LogP contribution < -0.4 is 10.1 Å². The van der Waals surface area contributed by atoms with E-state index in [1.165, 1.54) is 10.8 Å². The molecule has 0 heterocycles. The highest BCUT2D eigenvalue weighted by Gasteiger charge is 2.13. The highest BCUT2D eigenvalue weighted by atomic mass is 16.5. The molecule has 0 aliphatic rings. The third-order valence-corrected chi connectivity index (χ3v) is 3.14. The van der Waals surface area contributed by atoms with Gasteiger partial charge in [0, 0.05) is 17.6 Å². The summed E-state index contributed by atoms with van der Waals surface area (Å²) in [6.07, 6.45) is 0. The quantitative estimate of drug-likeness (QED) is 0.879. The Hall–Kier alpha value is -1.58. The standard InChI is InChI=1S/C17H23NO2/c1-17(2,3)18-12-15-14-7-5-4-6-13(14)8-9-16(15)20-11-10-19/h4-9,18-19H,10-12H2,1-3H3. The van der Waals surface area contributed by atoms with Gasteiger partial charge in [0.2, 0.25) is 0 Å². The van der Waals surface area contributed by atoms with Gasteiger partial charge in [-0.25, -0.2) is 0 Å². The first kappa shape index (κ1) is 14.8. The van der Waals surface area contributed by atoms with Crippen LogP contribution in [0.5, 0.6) is 5.75 Å². The van der Waals surface area contributed by atoms with Crippen molar-refractivity contribution >= 4 is 10.8 Å². The van der Waals surface area contributed by atoms with E-state index in [1.54, 1.807) is 0 Å². The summed E-state index contributed by atoms with van der Waals surface area (Å²) in [5, 5.41) is 14.9. The van der Waals surface area contributed by atoms with Crippen LogP contribution >= 0.6 is 0 Å². The number of aliphatic hydroxyl groups excluding tert-OH is 1. The van der Waals surface area contributed by atoms with Gasteiger partial charge in [0.1, 0.15) is 12.4 Å². The molecule has 0 aliphatic carbocycles. The summed E-state index contributed by atoms with van der Waals surface area (Å²) in [6.45, 7) is 7.52. The number of hydrogen-bond donors (Lipinski definition) is 2. The third kappa shape index (κ3) is 3.71. The highest BCUT2D eigenvalue weighted by Crippen LogP contribution is 2.28. The van der Waals surface area contributed by atoms with Crippen molar-refractivity contribution in [2.45, 2.75) is 32.9 Å². The largest absolute Gasteiger partial charge is 0.491 e. The number of rotatable bonds is 5. The molecule has 0 atom stereocenters. The minimum absolute atomic E-state index is 0.0268. The Kier molecular flexibility index (Phi) is 4.63. The predicted molar refractivity (Wildman–Crippen MR) is 83.1 cm³/mol. The first-order valence-corrected chi connectivity index (χ1v) is 7.00. The van der Waals surface area contributed by atoms with Crippen LogP contribution in [-0.4, -0.2) is 23.9 Å². The Morgan fingerprint density at radius 3 is 2.55 bits per heavy atom. The molecule has 0 amide bonds. The Balaban J connectivity index is 2.38. The summed E-state index contributed by atoms with van der Waals surface area (Å²) < 4.78 is 5.67. The average molecular weight is 273 g/mol. The number of aliphatic hydroxyl groups is 1. The van der Waals surface area contributed by atoms with Crippen LogP contribution in [0.1, 0.15) is 26.3 Å². The SMILES string of the molecule is CC(C)(C)NCc1c(OCCO)ccc2ccccc12. The number of hydrogen-bond acceptors (Lipinski definition) is 3. The fourth-order valence-electron chi connectivity index (χ4n) is 2.14. The van der Waals surface area contributed by atoms with Crippen molar-refractivity contribution in [2.75, 3.05) is 13.2 Å². The van der Waals surface area contributed by atoms with E-state index in [9.17, 15) is 0 Å². The topological polar surface area (TPSA) is 41.5 Å². The molecule has 3 heteroatoms. The van der Waals surface area contributed by atoms with Crippen LogP contribution in [0.25, 0.3) is 10.8 Å². The predicted octanol–water partition coefficient (Wildman–Crippen LogP) is 3.10. The molecule has 0 unspecified atom stereocenters. The van der Waals surface area contributed by atoms with E-state index >= 15 is 0 Å². The number of benzene rings is 2. The van der Waals surface area contributed by atoms with E-state index in [1.807, 2.05) is 18.2 Å². The summed E-state index contributed by atoms with van der Waals surface area (Å²) in [5.74, 6) is 0.842. The molecule has 2 rings (SSSR count). The molecule has 0 fully saturated rings. The fourth-order valence-corrected chi connectivity index (χ4v) is 2.14. The molecule has 108 valence electrons. The molecule has 2 aromatic carbocycles. The zero-order valence-electron chi connectivity index (χ0n) is 12.4. The van der Waals surface area contributed by atoms with E-state index in [4.69, 9.17) is 9.84 Å². The molecule has 2 aromatic rings. The van der Waals surface area contributed by atoms with Crippen molar-refractivity contribution in [2.24, 2.45) is 0 Å². The summed E-state index contributed by atoms with van der Waals surface area (Å²) in [4.78, 5) is 0. The molecule has 0 spiro atoms. The van der Waals surface area contributed by atoms with Gasteiger partial charge in [-0.1, -0.05) is 30.3 Å². The third-order valence-electron chi connectivity index (χ3n) is 3.14. The van der Waals surface area contributed by atoms with E-state index in [-0.39, 0.29) is 12.1 Å². The van der Waals surface area contributed by atoms with Crippen molar-refractivity contribution in [3.63, 3.8) is 0 Å². The van der Waals surface area contributed by atoms with Crippen molar-refractivity contribution in [3.05, 3.63) is 42.0 Å². The molecular weight excluding hydrogens is 250 g/mol. The smallest absolute Gasteiger partial charge is 0.124 e. The molecule has 0 bridgehead atoms. The zero-order valence-corrected chi connectivity index (χ0v) is 12.4. The van der Waals surface area contributed by atoms with Gasteiger partial charge in [0.15, 0.2) is 0 Å². The van der Waals surface area contributed by atoms with Crippen LogP contribution in [0.3, 0.4) is 0 Å². The van der Waals surface area contributed by atoms with Gasteiger partial charge in [-0.15, -0.1) is 0 Å². The van der Waals surface area contributed by atoms with Gasteiger partial charge < -0.3 is 15.2 Å². The normalized spacial score (nSPS) is 11.8. The fraction of sp³-hybridized carbons (Fsp3) is 0.412. The van der Waals surface area contributed by atoms with Crippen LogP contribution in [0.15, 0.2) is 36.4 Å². The monoisotopic (exact) mass is 273 g/mol. The Labute approximate surface area is 120 Å². The number of nitrogens with one attached hydrogen (secondary N) is 1. The highest BCUT2D eigenvalue weighted by molar-refractivity contribution is 5.87. The maximum atomic E-state index is 8.95. The van der Waals surface area contributed by atoms with Gasteiger partial charge >= 0.3 is 0 Å².